The molecule has 0 aliphatic heterocycles. The maximum atomic E-state index is 12.0. The Hall–Kier alpha value is -1.89. The van der Waals surface area contributed by atoms with Crippen molar-refractivity contribution in [1.29, 1.82) is 0 Å². The highest BCUT2D eigenvalue weighted by atomic mass is 127. The summed E-state index contributed by atoms with van der Waals surface area (Å²) >= 11 is 2.23. The van der Waals surface area contributed by atoms with Crippen LogP contribution in [-0.4, -0.2) is 18.3 Å². The van der Waals surface area contributed by atoms with Crippen LogP contribution >= 0.6 is 22.6 Å². The monoisotopic (exact) mass is 421 g/mol. The van der Waals surface area contributed by atoms with Crippen molar-refractivity contribution in [2.75, 3.05) is 11.9 Å². The molecule has 0 radical (unpaired) electrons. The van der Waals surface area contributed by atoms with E-state index in [9.17, 15) is 9.59 Å². The van der Waals surface area contributed by atoms with Crippen LogP contribution in [0.15, 0.2) is 36.4 Å². The predicted molar refractivity (Wildman–Crippen MR) is 97.1 cm³/mol. The fourth-order valence-corrected chi connectivity index (χ4v) is 3.12. The number of benzene rings is 2. The standard InChI is InChI=1S/C18H16INO3/c1-11-5-6-12(9-15(11)19)20-18(22)10-23-17-4-2-3-13-14(17)7-8-16(13)21/h2-6,9H,7-8,10H2,1H3,(H,20,22). The largest absolute Gasteiger partial charge is 0.483 e. The van der Waals surface area contributed by atoms with Gasteiger partial charge in [-0.1, -0.05) is 18.2 Å². The third kappa shape index (κ3) is 3.55. The molecule has 0 heterocycles. The van der Waals surface area contributed by atoms with Crippen LogP contribution in [0.4, 0.5) is 5.69 Å². The Morgan fingerprint density at radius 3 is 2.87 bits per heavy atom. The lowest BCUT2D eigenvalue weighted by Crippen LogP contribution is -2.20. The number of nitrogens with one attached hydrogen (secondary N) is 1. The molecule has 0 atom stereocenters. The first-order valence-corrected chi connectivity index (χ1v) is 8.46. The van der Waals surface area contributed by atoms with Crippen molar-refractivity contribution in [2.24, 2.45) is 0 Å². The summed E-state index contributed by atoms with van der Waals surface area (Å²) in [5.41, 5.74) is 3.55. The number of hydrogen-bond acceptors (Lipinski definition) is 3. The third-order valence-corrected chi connectivity index (χ3v) is 5.01. The van der Waals surface area contributed by atoms with Crippen molar-refractivity contribution in [2.45, 2.75) is 19.8 Å². The molecule has 2 aromatic rings. The Bertz CT molecular complexity index is 786. The SMILES string of the molecule is Cc1ccc(NC(=O)COc2cccc3c2CCC3=O)cc1I. The van der Waals surface area contributed by atoms with E-state index in [1.54, 1.807) is 12.1 Å². The van der Waals surface area contributed by atoms with Gasteiger partial charge in [0.1, 0.15) is 5.75 Å². The number of ether oxygens (including phenoxy) is 1. The molecular formula is C18H16INO3. The van der Waals surface area contributed by atoms with Gasteiger partial charge in [0.05, 0.1) is 0 Å². The van der Waals surface area contributed by atoms with E-state index >= 15 is 0 Å². The summed E-state index contributed by atoms with van der Waals surface area (Å²) in [5, 5.41) is 2.82. The Morgan fingerprint density at radius 2 is 2.09 bits per heavy atom. The van der Waals surface area contributed by atoms with E-state index in [1.165, 1.54) is 5.56 Å². The van der Waals surface area contributed by atoms with Gasteiger partial charge in [-0.25, -0.2) is 0 Å². The van der Waals surface area contributed by atoms with Crippen molar-refractivity contribution in [3.05, 3.63) is 56.7 Å². The van der Waals surface area contributed by atoms with Crippen LogP contribution in [0.3, 0.4) is 0 Å². The van der Waals surface area contributed by atoms with Crippen molar-refractivity contribution in [3.8, 4) is 5.75 Å². The molecule has 0 aromatic heterocycles. The molecular weight excluding hydrogens is 405 g/mol. The Kier molecular flexibility index (Phi) is 4.66. The number of Topliss-reactive ketones (excluding diaryl/α,β-unsaturated/α-hetero) is 1. The molecule has 1 N–H and O–H groups in total. The number of anilines is 1. The third-order valence-electron chi connectivity index (χ3n) is 3.85. The maximum absolute atomic E-state index is 12.0. The fourth-order valence-electron chi connectivity index (χ4n) is 2.60. The number of amides is 1. The molecule has 0 spiro atoms. The average molecular weight is 421 g/mol. The van der Waals surface area contributed by atoms with Gasteiger partial charge in [0, 0.05) is 26.8 Å². The maximum Gasteiger partial charge on any atom is 0.262 e. The molecule has 4 nitrogen and oxygen atoms in total. The van der Waals surface area contributed by atoms with Crippen LogP contribution in [0.1, 0.15) is 27.9 Å². The van der Waals surface area contributed by atoms with E-state index in [2.05, 4.69) is 27.9 Å². The van der Waals surface area contributed by atoms with E-state index in [0.29, 0.717) is 18.6 Å². The second-order valence-electron chi connectivity index (χ2n) is 5.51. The van der Waals surface area contributed by atoms with Crippen molar-refractivity contribution >= 4 is 40.0 Å². The van der Waals surface area contributed by atoms with Gasteiger partial charge in [-0.2, -0.15) is 0 Å². The van der Waals surface area contributed by atoms with E-state index < -0.39 is 0 Å². The summed E-state index contributed by atoms with van der Waals surface area (Å²) < 4.78 is 6.72. The minimum Gasteiger partial charge on any atom is -0.483 e. The highest BCUT2D eigenvalue weighted by Crippen LogP contribution is 2.30. The highest BCUT2D eigenvalue weighted by molar-refractivity contribution is 14.1. The highest BCUT2D eigenvalue weighted by Gasteiger charge is 2.22. The Morgan fingerprint density at radius 1 is 1.26 bits per heavy atom. The van der Waals surface area contributed by atoms with E-state index in [-0.39, 0.29) is 18.3 Å². The second kappa shape index (κ2) is 6.70. The van der Waals surface area contributed by atoms with Crippen molar-refractivity contribution in [3.63, 3.8) is 0 Å². The van der Waals surface area contributed by atoms with Crippen molar-refractivity contribution in [1.82, 2.24) is 0 Å². The van der Waals surface area contributed by atoms with Gasteiger partial charge in [0.15, 0.2) is 12.4 Å². The molecule has 0 fully saturated rings. The molecule has 0 bridgehead atoms. The summed E-state index contributed by atoms with van der Waals surface area (Å²) in [6.45, 7) is 1.95. The molecule has 1 aliphatic rings. The number of fused-ring (bicyclic) bond motifs is 1. The number of carbonyl (C=O) groups is 2. The van der Waals surface area contributed by atoms with Gasteiger partial charge < -0.3 is 10.1 Å². The summed E-state index contributed by atoms with van der Waals surface area (Å²) in [7, 11) is 0. The van der Waals surface area contributed by atoms with Gasteiger partial charge in [0.2, 0.25) is 0 Å². The zero-order valence-electron chi connectivity index (χ0n) is 12.7. The lowest BCUT2D eigenvalue weighted by Gasteiger charge is -2.11. The predicted octanol–water partition coefficient (Wildman–Crippen LogP) is 3.75. The fraction of sp³-hybridized carbons (Fsp3) is 0.222. The van der Waals surface area contributed by atoms with Gasteiger partial charge in [0.25, 0.3) is 5.91 Å². The zero-order valence-corrected chi connectivity index (χ0v) is 14.8. The minimum atomic E-state index is -0.216. The molecule has 2 aromatic carbocycles. The van der Waals surface area contributed by atoms with Gasteiger partial charge in [-0.15, -0.1) is 0 Å². The van der Waals surface area contributed by atoms with Gasteiger partial charge in [-0.3, -0.25) is 9.59 Å². The number of ketones is 1. The van der Waals surface area contributed by atoms with Crippen LogP contribution in [0, 0.1) is 10.5 Å². The summed E-state index contributed by atoms with van der Waals surface area (Å²) in [4.78, 5) is 23.8. The summed E-state index contributed by atoms with van der Waals surface area (Å²) in [6.07, 6.45) is 1.20. The summed E-state index contributed by atoms with van der Waals surface area (Å²) in [6, 6.07) is 11.2. The molecule has 1 amide bonds. The van der Waals surface area contributed by atoms with Crippen molar-refractivity contribution < 1.29 is 14.3 Å². The molecule has 0 saturated carbocycles. The Labute approximate surface area is 148 Å². The van der Waals surface area contributed by atoms with Gasteiger partial charge in [-0.05, 0) is 59.7 Å². The normalized spacial score (nSPS) is 12.9. The molecule has 3 rings (SSSR count). The van der Waals surface area contributed by atoms with Crippen LogP contribution in [0.25, 0.3) is 0 Å². The zero-order chi connectivity index (χ0) is 16.4. The number of hydrogen-bond donors (Lipinski definition) is 1. The molecule has 1 aliphatic carbocycles. The number of rotatable bonds is 4. The topological polar surface area (TPSA) is 55.4 Å². The van der Waals surface area contributed by atoms with Gasteiger partial charge >= 0.3 is 0 Å². The first kappa shape index (κ1) is 16.0. The molecule has 5 heteroatoms. The van der Waals surface area contributed by atoms with E-state index in [0.717, 1.165) is 20.4 Å². The van der Waals surface area contributed by atoms with Crippen LogP contribution in [-0.2, 0) is 11.2 Å². The minimum absolute atomic E-state index is 0.0743. The molecule has 118 valence electrons. The number of carbonyl (C=O) groups excluding carboxylic acids is 2. The van der Waals surface area contributed by atoms with Crippen LogP contribution in [0.5, 0.6) is 5.75 Å². The first-order valence-electron chi connectivity index (χ1n) is 7.38. The number of aryl methyl sites for hydroxylation is 1. The molecule has 0 saturated heterocycles. The smallest absolute Gasteiger partial charge is 0.262 e. The lowest BCUT2D eigenvalue weighted by atomic mass is 10.1. The van der Waals surface area contributed by atoms with E-state index in [1.807, 2.05) is 31.2 Å². The van der Waals surface area contributed by atoms with E-state index in [4.69, 9.17) is 4.74 Å². The van der Waals surface area contributed by atoms with Crippen LogP contribution in [0.2, 0.25) is 0 Å². The van der Waals surface area contributed by atoms with Crippen LogP contribution < -0.4 is 10.1 Å². The molecule has 0 unspecified atom stereocenters. The lowest BCUT2D eigenvalue weighted by molar-refractivity contribution is -0.118. The first-order chi connectivity index (χ1) is 11.0. The summed E-state index contributed by atoms with van der Waals surface area (Å²) in [5.74, 6) is 0.553. The quantitative estimate of drug-likeness (QED) is 0.766. The Balaban J connectivity index is 1.64. The second-order valence-corrected chi connectivity index (χ2v) is 6.67. The number of halogens is 1. The average Bonchev–Trinajstić information content (AvgIpc) is 2.91. The molecule has 23 heavy (non-hydrogen) atoms.